The fraction of sp³-hybridized carbons (Fsp3) is 0.571. The molecule has 0 aromatic carbocycles. The number of fused-ring (bicyclic) bond motifs is 2. The minimum Gasteiger partial charge on any atom is -0.353 e. The van der Waals surface area contributed by atoms with Gasteiger partial charge in [-0.25, -0.2) is 10.8 Å². The number of piperazine rings is 1. The van der Waals surface area contributed by atoms with E-state index >= 15 is 0 Å². The van der Waals surface area contributed by atoms with Gasteiger partial charge in [0.2, 0.25) is 5.95 Å². The van der Waals surface area contributed by atoms with Gasteiger partial charge in [0.05, 0.1) is 5.39 Å². The van der Waals surface area contributed by atoms with E-state index in [2.05, 4.69) is 36.6 Å². The van der Waals surface area contributed by atoms with Gasteiger partial charge in [0.25, 0.3) is 0 Å². The molecule has 0 amide bonds. The molecule has 0 radical (unpaired) electrons. The van der Waals surface area contributed by atoms with Crippen LogP contribution in [0.15, 0.2) is 11.4 Å². The molecule has 2 aromatic rings. The fourth-order valence-corrected chi connectivity index (χ4v) is 4.25. The van der Waals surface area contributed by atoms with Gasteiger partial charge in [-0.15, -0.1) is 11.3 Å². The van der Waals surface area contributed by atoms with Crippen molar-refractivity contribution in [2.75, 3.05) is 36.5 Å². The monoisotopic (exact) mass is 304 g/mol. The molecule has 2 saturated heterocycles. The summed E-state index contributed by atoms with van der Waals surface area (Å²) in [6, 6.07) is 2.79. The summed E-state index contributed by atoms with van der Waals surface area (Å²) in [6.07, 6.45) is 4.00. The van der Waals surface area contributed by atoms with Crippen LogP contribution in [0.1, 0.15) is 19.3 Å². The van der Waals surface area contributed by atoms with Crippen LogP contribution >= 0.6 is 11.3 Å². The Kier molecular flexibility index (Phi) is 3.40. The Morgan fingerprint density at radius 1 is 1.24 bits per heavy atom. The molecule has 112 valence electrons. The molecular weight excluding hydrogens is 284 g/mol. The smallest absolute Gasteiger partial charge is 0.240 e. The number of thiophene rings is 1. The van der Waals surface area contributed by atoms with Crippen molar-refractivity contribution in [2.24, 2.45) is 5.84 Å². The summed E-state index contributed by atoms with van der Waals surface area (Å²) in [5.41, 5.74) is 2.59. The molecule has 6 nitrogen and oxygen atoms in total. The molecule has 3 N–H and O–H groups in total. The van der Waals surface area contributed by atoms with Crippen molar-refractivity contribution < 1.29 is 0 Å². The van der Waals surface area contributed by atoms with Crippen molar-refractivity contribution in [3.63, 3.8) is 0 Å². The van der Waals surface area contributed by atoms with Crippen molar-refractivity contribution >= 4 is 33.3 Å². The van der Waals surface area contributed by atoms with E-state index in [4.69, 9.17) is 5.84 Å². The maximum absolute atomic E-state index is 5.52. The number of hydrogen-bond acceptors (Lipinski definition) is 7. The van der Waals surface area contributed by atoms with Crippen LogP contribution in [0.3, 0.4) is 0 Å². The van der Waals surface area contributed by atoms with Gasteiger partial charge in [0.15, 0.2) is 0 Å². The van der Waals surface area contributed by atoms with Gasteiger partial charge in [-0.1, -0.05) is 6.42 Å². The number of hydrazine groups is 1. The molecule has 1 unspecified atom stereocenters. The van der Waals surface area contributed by atoms with Crippen LogP contribution in [0.2, 0.25) is 0 Å². The zero-order valence-corrected chi connectivity index (χ0v) is 12.8. The highest BCUT2D eigenvalue weighted by Gasteiger charge is 2.30. The topological polar surface area (TPSA) is 70.3 Å². The summed E-state index contributed by atoms with van der Waals surface area (Å²) < 4.78 is 0. The highest BCUT2D eigenvalue weighted by molar-refractivity contribution is 7.16. The van der Waals surface area contributed by atoms with E-state index in [9.17, 15) is 0 Å². The zero-order valence-electron chi connectivity index (χ0n) is 12.0. The molecule has 2 aliphatic rings. The van der Waals surface area contributed by atoms with E-state index in [1.165, 1.54) is 25.8 Å². The molecule has 4 heterocycles. The highest BCUT2D eigenvalue weighted by atomic mass is 32.1. The number of nitrogen functional groups attached to an aromatic ring is 1. The summed E-state index contributed by atoms with van der Waals surface area (Å²) in [6.45, 7) is 4.48. The Bertz CT molecular complexity index is 641. The Morgan fingerprint density at radius 3 is 3.10 bits per heavy atom. The summed E-state index contributed by atoms with van der Waals surface area (Å²) in [7, 11) is 0. The highest BCUT2D eigenvalue weighted by Crippen LogP contribution is 2.31. The van der Waals surface area contributed by atoms with Gasteiger partial charge in [-0.3, -0.25) is 10.3 Å². The Hall–Kier alpha value is -1.44. The predicted octanol–water partition coefficient (Wildman–Crippen LogP) is 1.65. The third-order valence-electron chi connectivity index (χ3n) is 4.57. The van der Waals surface area contributed by atoms with E-state index in [1.807, 2.05) is 0 Å². The maximum Gasteiger partial charge on any atom is 0.240 e. The molecular formula is C14H20N6S. The second-order valence-corrected chi connectivity index (χ2v) is 6.68. The molecule has 0 bridgehead atoms. The number of rotatable bonds is 2. The number of nitrogens with two attached hydrogens (primary N) is 1. The number of nitrogens with zero attached hydrogens (tertiary/aromatic N) is 4. The number of nitrogens with one attached hydrogen (secondary N) is 1. The van der Waals surface area contributed by atoms with Crippen molar-refractivity contribution in [3.05, 3.63) is 11.4 Å². The summed E-state index contributed by atoms with van der Waals surface area (Å²) >= 11 is 1.63. The van der Waals surface area contributed by atoms with Gasteiger partial charge in [-0.05, 0) is 30.8 Å². The molecule has 1 atom stereocenters. The van der Waals surface area contributed by atoms with Crippen molar-refractivity contribution in [1.82, 2.24) is 14.9 Å². The number of anilines is 2. The van der Waals surface area contributed by atoms with E-state index in [0.717, 1.165) is 35.7 Å². The molecule has 21 heavy (non-hydrogen) atoms. The third-order valence-corrected chi connectivity index (χ3v) is 5.38. The lowest BCUT2D eigenvalue weighted by Gasteiger charge is -2.44. The molecule has 0 spiro atoms. The van der Waals surface area contributed by atoms with E-state index in [-0.39, 0.29) is 0 Å². The Labute approximate surface area is 127 Å². The average molecular weight is 304 g/mol. The first kappa shape index (κ1) is 13.2. The van der Waals surface area contributed by atoms with E-state index in [0.29, 0.717) is 12.0 Å². The Morgan fingerprint density at radius 2 is 2.19 bits per heavy atom. The zero-order chi connectivity index (χ0) is 14.2. The van der Waals surface area contributed by atoms with Gasteiger partial charge >= 0.3 is 0 Å². The van der Waals surface area contributed by atoms with Gasteiger partial charge in [0.1, 0.15) is 10.6 Å². The van der Waals surface area contributed by atoms with Crippen LogP contribution in [0.5, 0.6) is 0 Å². The third kappa shape index (κ3) is 2.35. The second kappa shape index (κ2) is 5.40. The van der Waals surface area contributed by atoms with Gasteiger partial charge < -0.3 is 4.90 Å². The van der Waals surface area contributed by atoms with E-state index < -0.39 is 0 Å². The largest absolute Gasteiger partial charge is 0.353 e. The maximum atomic E-state index is 5.52. The van der Waals surface area contributed by atoms with Crippen LogP contribution in [-0.2, 0) is 0 Å². The average Bonchev–Trinajstić information content (AvgIpc) is 3.01. The van der Waals surface area contributed by atoms with Crippen LogP contribution in [0.4, 0.5) is 11.8 Å². The summed E-state index contributed by atoms with van der Waals surface area (Å²) in [5, 5.41) is 3.21. The van der Waals surface area contributed by atoms with Crippen molar-refractivity contribution in [1.29, 1.82) is 0 Å². The quantitative estimate of drug-likeness (QED) is 0.649. The van der Waals surface area contributed by atoms with Crippen molar-refractivity contribution in [3.8, 4) is 0 Å². The molecule has 7 heteroatoms. The first-order valence-electron chi connectivity index (χ1n) is 7.56. The number of piperidine rings is 1. The summed E-state index contributed by atoms with van der Waals surface area (Å²) in [4.78, 5) is 15.1. The Balaban J connectivity index is 1.67. The van der Waals surface area contributed by atoms with Crippen LogP contribution in [0, 0.1) is 0 Å². The molecule has 0 aliphatic carbocycles. The first-order valence-corrected chi connectivity index (χ1v) is 8.44. The van der Waals surface area contributed by atoms with Crippen LogP contribution in [-0.4, -0.2) is 47.1 Å². The molecule has 2 aliphatic heterocycles. The number of hydrogen-bond donors (Lipinski definition) is 2. The fourth-order valence-electron chi connectivity index (χ4n) is 3.49. The van der Waals surface area contributed by atoms with Gasteiger partial charge in [0, 0.05) is 25.7 Å². The lowest BCUT2D eigenvalue weighted by atomic mass is 9.99. The van der Waals surface area contributed by atoms with Gasteiger partial charge in [-0.2, -0.15) is 4.98 Å². The molecule has 0 saturated carbocycles. The SMILES string of the molecule is NNc1nc(N2CCN3CCCCC3C2)c2ccsc2n1. The normalized spacial score (nSPS) is 23.3. The summed E-state index contributed by atoms with van der Waals surface area (Å²) in [5.74, 6) is 7.05. The lowest BCUT2D eigenvalue weighted by molar-refractivity contribution is 0.133. The first-order chi connectivity index (χ1) is 10.3. The predicted molar refractivity (Wildman–Crippen MR) is 86.7 cm³/mol. The molecule has 2 aromatic heterocycles. The molecule has 2 fully saturated rings. The second-order valence-electron chi connectivity index (χ2n) is 5.79. The van der Waals surface area contributed by atoms with Crippen LogP contribution < -0.4 is 16.2 Å². The van der Waals surface area contributed by atoms with Crippen LogP contribution in [0.25, 0.3) is 10.2 Å². The molecule has 4 rings (SSSR count). The lowest BCUT2D eigenvalue weighted by Crippen LogP contribution is -2.55. The van der Waals surface area contributed by atoms with Crippen molar-refractivity contribution in [2.45, 2.75) is 25.3 Å². The minimum absolute atomic E-state index is 0.506. The van der Waals surface area contributed by atoms with E-state index in [1.54, 1.807) is 11.3 Å². The minimum atomic E-state index is 0.506. The number of aromatic nitrogens is 2. The standard InChI is InChI=1S/C14H20N6S/c15-18-14-16-12(11-4-8-21-13(11)17-14)20-7-6-19-5-2-1-3-10(19)9-20/h4,8,10H,1-3,5-7,9,15H2,(H,16,17,18).